The first-order valence-electron chi connectivity index (χ1n) is 17.3. The topological polar surface area (TPSA) is 59.7 Å². The summed E-state index contributed by atoms with van der Waals surface area (Å²) in [5.41, 5.74) is 1.09. The Kier molecular flexibility index (Phi) is 10.6. The molecule has 5 rings (SSSR count). The molecular formula is C38H56O4. The molecule has 4 heteroatoms. The molecule has 3 fully saturated rings. The van der Waals surface area contributed by atoms with Gasteiger partial charge < -0.3 is 14.3 Å². The fourth-order valence-corrected chi connectivity index (χ4v) is 9.66. The number of aliphatic hydroxyl groups is 1. The number of allylic oxidation sites excluding steroid dienone is 6. The minimum absolute atomic E-state index is 0.129. The van der Waals surface area contributed by atoms with Gasteiger partial charge in [-0.15, -0.1) is 0 Å². The van der Waals surface area contributed by atoms with E-state index in [0.29, 0.717) is 18.3 Å². The average Bonchev–Trinajstić information content (AvgIpc) is 3.54. The molecule has 0 saturated heterocycles. The lowest BCUT2D eigenvalue weighted by Gasteiger charge is -2.59. The van der Waals surface area contributed by atoms with Gasteiger partial charge in [0.25, 0.3) is 0 Å². The first-order valence-corrected chi connectivity index (χ1v) is 17.3. The third kappa shape index (κ3) is 6.85. The Morgan fingerprint density at radius 1 is 1.00 bits per heavy atom. The Balaban J connectivity index is 0.978. The third-order valence-corrected chi connectivity index (χ3v) is 11.7. The molecule has 1 aromatic rings. The van der Waals surface area contributed by atoms with Gasteiger partial charge in [0.05, 0.1) is 6.26 Å². The van der Waals surface area contributed by atoms with Gasteiger partial charge in [-0.2, -0.15) is 0 Å². The number of unbranched alkanes of at least 4 members (excludes halogenated alkanes) is 5. The molecule has 0 radical (unpaired) electrons. The molecule has 4 nitrogen and oxygen atoms in total. The van der Waals surface area contributed by atoms with E-state index in [9.17, 15) is 9.90 Å². The summed E-state index contributed by atoms with van der Waals surface area (Å²) < 4.78 is 11.6. The summed E-state index contributed by atoms with van der Waals surface area (Å²) in [6.07, 6.45) is 34.4. The van der Waals surface area contributed by atoms with Gasteiger partial charge in [-0.05, 0) is 124 Å². The third-order valence-electron chi connectivity index (χ3n) is 11.7. The summed E-state index contributed by atoms with van der Waals surface area (Å²) in [6.45, 7) is 4.88. The van der Waals surface area contributed by atoms with Crippen molar-refractivity contribution in [3.8, 4) is 0 Å². The Bertz CT molecular complexity index is 1110. The summed E-state index contributed by atoms with van der Waals surface area (Å²) in [5, 5.41) is 11.8. The number of rotatable bonds is 15. The maximum Gasteiger partial charge on any atom is 0.305 e. The summed E-state index contributed by atoms with van der Waals surface area (Å²) in [5.74, 6) is 2.57. The minimum Gasteiger partial charge on any atom is -0.469 e. The zero-order chi connectivity index (χ0) is 29.5. The molecule has 1 spiro atoms. The Morgan fingerprint density at radius 2 is 1.76 bits per heavy atom. The number of fused-ring (bicyclic) bond motifs is 5. The van der Waals surface area contributed by atoms with Crippen LogP contribution in [0.2, 0.25) is 0 Å². The number of furan rings is 1. The maximum atomic E-state index is 12.6. The maximum absolute atomic E-state index is 12.6. The van der Waals surface area contributed by atoms with Crippen molar-refractivity contribution in [1.29, 1.82) is 0 Å². The summed E-state index contributed by atoms with van der Waals surface area (Å²) >= 11 is 0. The molecule has 1 aromatic heterocycles. The zero-order valence-corrected chi connectivity index (χ0v) is 26.5. The van der Waals surface area contributed by atoms with Crippen molar-refractivity contribution in [1.82, 2.24) is 0 Å². The Labute approximate surface area is 255 Å². The average molecular weight is 577 g/mol. The normalized spacial score (nSPS) is 33.7. The van der Waals surface area contributed by atoms with E-state index in [0.717, 1.165) is 64.2 Å². The summed E-state index contributed by atoms with van der Waals surface area (Å²) in [6, 6.07) is 2.22. The molecule has 6 atom stereocenters. The van der Waals surface area contributed by atoms with Gasteiger partial charge in [-0.1, -0.05) is 69.6 Å². The highest BCUT2D eigenvalue weighted by atomic mass is 16.5. The standard InChI is InChI=1S/C38H56O4/c1-3-4-5-6-7-8-9-10-11-12-13-14-15-16-17-18-35(39)42-29-38(40)28-37-25-21-32-31-23-26-41-33(31)22-24-36(32,2)34(37)20-19-30(38)27-37/h4-5,7-8,10-11,23,26,30,32,34,40H,3,6,9,12-22,24-25,27-29H2,1-2H3/b5-4-,8-7-,11-10-/t30-,32-,34+,36-,37+,38+/m1/s1. The number of hydrogen-bond acceptors (Lipinski definition) is 4. The van der Waals surface area contributed by atoms with Crippen LogP contribution in [0.1, 0.15) is 140 Å². The number of carbonyl (C=O) groups is 1. The molecule has 1 N–H and O–H groups in total. The van der Waals surface area contributed by atoms with Crippen LogP contribution in [-0.2, 0) is 16.0 Å². The quantitative estimate of drug-likeness (QED) is 0.128. The van der Waals surface area contributed by atoms with Gasteiger partial charge >= 0.3 is 5.97 Å². The zero-order valence-electron chi connectivity index (χ0n) is 26.5. The number of carbonyl (C=O) groups excluding carboxylic acids is 1. The van der Waals surface area contributed by atoms with E-state index in [-0.39, 0.29) is 29.3 Å². The fraction of sp³-hybridized carbons (Fsp3) is 0.711. The van der Waals surface area contributed by atoms with Gasteiger partial charge in [0.15, 0.2) is 0 Å². The lowest BCUT2D eigenvalue weighted by Crippen LogP contribution is -2.51. The first kappa shape index (κ1) is 31.4. The molecule has 0 aromatic carbocycles. The SMILES string of the molecule is CC/C=C\C/C=C\C/C=C\CCCCCCCC(=O)OC[C@@]1(O)C[C@@]23CC[C@@H]4c5ccoc5CC[C@@]4(C)[C@@H]2CC[C@@H]1C3. The van der Waals surface area contributed by atoms with Crippen LogP contribution in [0.4, 0.5) is 0 Å². The lowest BCUT2D eigenvalue weighted by molar-refractivity contribution is -0.154. The molecule has 2 bridgehead atoms. The summed E-state index contributed by atoms with van der Waals surface area (Å²) in [4.78, 5) is 12.6. The van der Waals surface area contributed by atoms with Gasteiger partial charge in [0, 0.05) is 12.8 Å². The van der Waals surface area contributed by atoms with Crippen molar-refractivity contribution in [3.63, 3.8) is 0 Å². The van der Waals surface area contributed by atoms with Gasteiger partial charge in [-0.3, -0.25) is 4.79 Å². The van der Waals surface area contributed by atoms with Crippen LogP contribution < -0.4 is 0 Å². The van der Waals surface area contributed by atoms with E-state index >= 15 is 0 Å². The van der Waals surface area contributed by atoms with Gasteiger partial charge in [-0.25, -0.2) is 0 Å². The van der Waals surface area contributed by atoms with Crippen LogP contribution in [0.15, 0.2) is 53.2 Å². The van der Waals surface area contributed by atoms with Crippen molar-refractivity contribution in [2.45, 2.75) is 141 Å². The number of ether oxygens (including phenoxy) is 1. The number of hydrogen-bond donors (Lipinski definition) is 1. The molecule has 1 heterocycles. The van der Waals surface area contributed by atoms with Crippen molar-refractivity contribution in [3.05, 3.63) is 60.1 Å². The summed E-state index contributed by atoms with van der Waals surface area (Å²) in [7, 11) is 0. The second-order valence-corrected chi connectivity index (χ2v) is 14.3. The van der Waals surface area contributed by atoms with E-state index in [1.165, 1.54) is 56.3 Å². The van der Waals surface area contributed by atoms with E-state index in [2.05, 4.69) is 56.4 Å². The van der Waals surface area contributed by atoms with Gasteiger partial charge in [0.1, 0.15) is 18.0 Å². The second kappa shape index (κ2) is 14.1. The molecule has 232 valence electrons. The fourth-order valence-electron chi connectivity index (χ4n) is 9.66. The minimum atomic E-state index is -0.849. The van der Waals surface area contributed by atoms with Crippen LogP contribution in [-0.4, -0.2) is 23.3 Å². The first-order chi connectivity index (χ1) is 20.4. The molecule has 42 heavy (non-hydrogen) atoms. The molecule has 4 aliphatic rings. The second-order valence-electron chi connectivity index (χ2n) is 14.3. The van der Waals surface area contributed by atoms with Gasteiger partial charge in [0.2, 0.25) is 0 Å². The van der Waals surface area contributed by atoms with Crippen molar-refractivity contribution >= 4 is 5.97 Å². The van der Waals surface area contributed by atoms with Crippen LogP contribution in [0.3, 0.4) is 0 Å². The highest BCUT2D eigenvalue weighted by Gasteiger charge is 2.66. The van der Waals surface area contributed by atoms with E-state index < -0.39 is 5.60 Å². The van der Waals surface area contributed by atoms with Crippen molar-refractivity contribution in [2.24, 2.45) is 22.7 Å². The highest BCUT2D eigenvalue weighted by Crippen LogP contribution is 2.72. The largest absolute Gasteiger partial charge is 0.469 e. The molecule has 3 saturated carbocycles. The molecule has 0 amide bonds. The van der Waals surface area contributed by atoms with Crippen LogP contribution in [0.5, 0.6) is 0 Å². The van der Waals surface area contributed by atoms with E-state index in [1.54, 1.807) is 0 Å². The smallest absolute Gasteiger partial charge is 0.305 e. The monoisotopic (exact) mass is 576 g/mol. The van der Waals surface area contributed by atoms with Crippen molar-refractivity contribution < 1.29 is 19.1 Å². The van der Waals surface area contributed by atoms with E-state index in [4.69, 9.17) is 9.15 Å². The molecular weight excluding hydrogens is 520 g/mol. The predicted octanol–water partition coefficient (Wildman–Crippen LogP) is 9.78. The van der Waals surface area contributed by atoms with Crippen LogP contribution in [0.25, 0.3) is 0 Å². The lowest BCUT2D eigenvalue weighted by atomic mass is 9.45. The molecule has 4 aliphatic carbocycles. The Morgan fingerprint density at radius 3 is 2.60 bits per heavy atom. The van der Waals surface area contributed by atoms with Crippen molar-refractivity contribution in [2.75, 3.05) is 6.61 Å². The number of esters is 1. The van der Waals surface area contributed by atoms with E-state index in [1.807, 2.05) is 6.26 Å². The van der Waals surface area contributed by atoms with Crippen LogP contribution >= 0.6 is 0 Å². The number of aryl methyl sites for hydroxylation is 1. The van der Waals surface area contributed by atoms with Crippen LogP contribution in [0, 0.1) is 22.7 Å². The molecule has 0 unspecified atom stereocenters. The highest BCUT2D eigenvalue weighted by molar-refractivity contribution is 5.69. The Hall–Kier alpha value is -2.07. The predicted molar refractivity (Wildman–Crippen MR) is 170 cm³/mol. The molecule has 0 aliphatic heterocycles.